The Balaban J connectivity index is 1.87. The zero-order valence-electron chi connectivity index (χ0n) is 21.5. The number of methoxy groups -OCH3 is 2. The second kappa shape index (κ2) is 11.7. The Hall–Kier alpha value is -4.84. The van der Waals surface area contributed by atoms with Gasteiger partial charge in [-0.05, 0) is 48.3 Å². The second-order valence-corrected chi connectivity index (χ2v) is 9.18. The fourth-order valence-corrected chi connectivity index (χ4v) is 4.69. The average Bonchev–Trinajstić information content (AvgIpc) is 3.55. The molecular formula is C27H27N5O6S. The first kappa shape index (κ1) is 27.2. The van der Waals surface area contributed by atoms with E-state index in [1.54, 1.807) is 37.3 Å². The predicted octanol–water partition coefficient (Wildman–Crippen LogP) is 3.45. The van der Waals surface area contributed by atoms with Gasteiger partial charge in [-0.15, -0.1) is 0 Å². The van der Waals surface area contributed by atoms with Crippen LogP contribution in [0.15, 0.2) is 65.1 Å². The van der Waals surface area contributed by atoms with E-state index in [-0.39, 0.29) is 40.0 Å². The zero-order chi connectivity index (χ0) is 28.1. The molecule has 2 heterocycles. The lowest BCUT2D eigenvalue weighted by molar-refractivity contribution is -0.123. The third-order valence-electron chi connectivity index (χ3n) is 5.87. The van der Waals surface area contributed by atoms with Crippen molar-refractivity contribution in [3.8, 4) is 11.5 Å². The number of anilines is 2. The van der Waals surface area contributed by atoms with Gasteiger partial charge in [0, 0.05) is 12.6 Å². The number of primary amides is 1. The number of hydrogen-bond acceptors (Lipinski definition) is 9. The Morgan fingerprint density at radius 2 is 1.82 bits per heavy atom. The molecule has 0 bridgehead atoms. The summed E-state index contributed by atoms with van der Waals surface area (Å²) in [6, 6.07) is 16.1. The third-order valence-corrected chi connectivity index (χ3v) is 6.72. The Labute approximate surface area is 228 Å². The van der Waals surface area contributed by atoms with Gasteiger partial charge in [-0.1, -0.05) is 30.3 Å². The molecule has 3 amide bonds. The Bertz CT molecular complexity index is 1500. The number of carbonyl (C=O) groups excluding carboxylic acids is 3. The highest BCUT2D eigenvalue weighted by molar-refractivity contribution is 7.09. The number of furan rings is 1. The van der Waals surface area contributed by atoms with Crippen LogP contribution in [0.25, 0.3) is 0 Å². The maximum absolute atomic E-state index is 14.2. The molecule has 12 heteroatoms. The van der Waals surface area contributed by atoms with Crippen molar-refractivity contribution in [1.82, 2.24) is 9.69 Å². The minimum atomic E-state index is -1.30. The smallest absolute Gasteiger partial charge is 0.273 e. The summed E-state index contributed by atoms with van der Waals surface area (Å²) in [4.78, 5) is 41.0. The monoisotopic (exact) mass is 549 g/mol. The fraction of sp³-hybridized carbons (Fsp3) is 0.185. The van der Waals surface area contributed by atoms with Crippen molar-refractivity contribution in [2.75, 3.05) is 24.9 Å². The van der Waals surface area contributed by atoms with Crippen molar-refractivity contribution in [2.24, 2.45) is 5.73 Å². The maximum Gasteiger partial charge on any atom is 0.273 e. The summed E-state index contributed by atoms with van der Waals surface area (Å²) >= 11 is 0.702. The average molecular weight is 550 g/mol. The Morgan fingerprint density at radius 3 is 2.41 bits per heavy atom. The van der Waals surface area contributed by atoms with Gasteiger partial charge in [0.1, 0.15) is 27.9 Å². The zero-order valence-corrected chi connectivity index (χ0v) is 22.3. The quantitative estimate of drug-likeness (QED) is 0.271. The number of carbonyl (C=O) groups is 3. The highest BCUT2D eigenvalue weighted by atomic mass is 32.1. The van der Waals surface area contributed by atoms with Crippen molar-refractivity contribution < 1.29 is 28.3 Å². The highest BCUT2D eigenvalue weighted by Gasteiger charge is 2.39. The molecule has 4 aromatic rings. The van der Waals surface area contributed by atoms with Gasteiger partial charge in [-0.3, -0.25) is 19.3 Å². The van der Waals surface area contributed by atoms with E-state index in [4.69, 9.17) is 25.4 Å². The fourth-order valence-electron chi connectivity index (χ4n) is 3.94. The molecule has 11 nitrogen and oxygen atoms in total. The molecule has 0 radical (unpaired) electrons. The molecule has 2 aromatic carbocycles. The lowest BCUT2D eigenvalue weighted by Gasteiger charge is -2.31. The first-order valence-electron chi connectivity index (χ1n) is 11.7. The third kappa shape index (κ3) is 5.70. The SMILES string of the molecule is COc1ccc(N(C(=O)c2snc(C(N)=O)c2N)C(C(=O)NCc2ccccc2)c2ccc(C)o2)c(OC)c1. The predicted molar refractivity (Wildman–Crippen MR) is 146 cm³/mol. The van der Waals surface area contributed by atoms with E-state index >= 15 is 0 Å². The molecule has 2 aromatic heterocycles. The van der Waals surface area contributed by atoms with Crippen molar-refractivity contribution in [3.63, 3.8) is 0 Å². The number of aromatic nitrogens is 1. The molecule has 0 aliphatic carbocycles. The van der Waals surface area contributed by atoms with Crippen LogP contribution in [0.3, 0.4) is 0 Å². The lowest BCUT2D eigenvalue weighted by atomic mass is 10.1. The number of rotatable bonds is 10. The minimum Gasteiger partial charge on any atom is -0.497 e. The van der Waals surface area contributed by atoms with E-state index in [0.29, 0.717) is 23.0 Å². The van der Waals surface area contributed by atoms with Crippen molar-refractivity contribution in [2.45, 2.75) is 19.5 Å². The molecule has 4 rings (SSSR count). The van der Waals surface area contributed by atoms with Crippen LogP contribution in [-0.2, 0) is 11.3 Å². The molecule has 1 atom stereocenters. The number of nitrogen functional groups attached to an aromatic ring is 1. The number of amides is 3. The number of nitrogens with zero attached hydrogens (tertiary/aromatic N) is 2. The van der Waals surface area contributed by atoms with Gasteiger partial charge in [0.2, 0.25) is 0 Å². The number of benzene rings is 2. The number of nitrogens with one attached hydrogen (secondary N) is 1. The first-order valence-corrected chi connectivity index (χ1v) is 12.5. The largest absolute Gasteiger partial charge is 0.497 e. The van der Waals surface area contributed by atoms with Crippen LogP contribution in [-0.4, -0.2) is 36.3 Å². The van der Waals surface area contributed by atoms with Gasteiger partial charge in [0.05, 0.1) is 25.6 Å². The molecular weight excluding hydrogens is 522 g/mol. The number of ether oxygens (including phenoxy) is 2. The summed E-state index contributed by atoms with van der Waals surface area (Å²) in [7, 11) is 2.92. The van der Waals surface area contributed by atoms with Gasteiger partial charge in [-0.2, -0.15) is 4.37 Å². The van der Waals surface area contributed by atoms with Gasteiger partial charge < -0.3 is 30.7 Å². The van der Waals surface area contributed by atoms with Crippen LogP contribution in [0.1, 0.15) is 43.3 Å². The van der Waals surface area contributed by atoms with Crippen molar-refractivity contribution in [1.29, 1.82) is 0 Å². The van der Waals surface area contributed by atoms with Crippen LogP contribution in [0.2, 0.25) is 0 Å². The number of aryl methyl sites for hydroxylation is 1. The van der Waals surface area contributed by atoms with E-state index in [2.05, 4.69) is 9.69 Å². The standard InChI is InChI=1S/C27H27N5O6S/c1-15-9-12-19(38-15)23(26(34)30-14-16-7-5-4-6-8-16)32(18-11-10-17(36-2)13-20(18)37-3)27(35)24-21(28)22(25(29)33)31-39-24/h4-13,23H,14,28H2,1-3H3,(H2,29,33)(H,30,34). The van der Waals surface area contributed by atoms with Crippen LogP contribution in [0.5, 0.6) is 11.5 Å². The van der Waals surface area contributed by atoms with Crippen LogP contribution < -0.4 is 31.2 Å². The van der Waals surface area contributed by atoms with Gasteiger partial charge in [-0.25, -0.2) is 0 Å². The van der Waals surface area contributed by atoms with Crippen LogP contribution in [0, 0.1) is 6.92 Å². The molecule has 0 saturated carbocycles. The van der Waals surface area contributed by atoms with Crippen LogP contribution in [0.4, 0.5) is 11.4 Å². The summed E-state index contributed by atoms with van der Waals surface area (Å²) in [5, 5.41) is 2.89. The van der Waals surface area contributed by atoms with Crippen molar-refractivity contribution >= 4 is 40.6 Å². The van der Waals surface area contributed by atoms with Crippen molar-refractivity contribution in [3.05, 3.63) is 88.3 Å². The number of nitrogens with two attached hydrogens (primary N) is 2. The number of hydrogen-bond donors (Lipinski definition) is 3. The maximum atomic E-state index is 14.2. The molecule has 5 N–H and O–H groups in total. The summed E-state index contributed by atoms with van der Waals surface area (Å²) in [6.45, 7) is 1.93. The summed E-state index contributed by atoms with van der Waals surface area (Å²) < 4.78 is 20.7. The topological polar surface area (TPSA) is 163 Å². The lowest BCUT2D eigenvalue weighted by Crippen LogP contribution is -2.44. The normalized spacial score (nSPS) is 11.5. The molecule has 0 aliphatic rings. The molecule has 0 aliphatic heterocycles. The van der Waals surface area contributed by atoms with E-state index in [0.717, 1.165) is 5.56 Å². The Morgan fingerprint density at radius 1 is 1.08 bits per heavy atom. The van der Waals surface area contributed by atoms with Gasteiger partial charge in [0.15, 0.2) is 11.7 Å². The summed E-state index contributed by atoms with van der Waals surface area (Å²) in [5.74, 6) is -0.682. The van der Waals surface area contributed by atoms with E-state index in [1.165, 1.54) is 19.1 Å². The van der Waals surface area contributed by atoms with E-state index < -0.39 is 23.8 Å². The molecule has 1 unspecified atom stereocenters. The molecule has 0 fully saturated rings. The summed E-state index contributed by atoms with van der Waals surface area (Å²) in [6.07, 6.45) is 0. The Kier molecular flexibility index (Phi) is 8.15. The van der Waals surface area contributed by atoms with Gasteiger partial charge >= 0.3 is 0 Å². The van der Waals surface area contributed by atoms with E-state index in [9.17, 15) is 14.4 Å². The minimum absolute atomic E-state index is 0.0780. The molecule has 0 saturated heterocycles. The molecule has 0 spiro atoms. The molecule has 39 heavy (non-hydrogen) atoms. The van der Waals surface area contributed by atoms with Crippen LogP contribution >= 0.6 is 11.5 Å². The molecule has 202 valence electrons. The van der Waals surface area contributed by atoms with E-state index in [1.807, 2.05) is 30.3 Å². The first-order chi connectivity index (χ1) is 18.7. The highest BCUT2D eigenvalue weighted by Crippen LogP contribution is 2.40. The second-order valence-electron chi connectivity index (χ2n) is 8.41. The summed E-state index contributed by atoms with van der Waals surface area (Å²) in [5.41, 5.74) is 12.2. The van der Waals surface area contributed by atoms with Gasteiger partial charge in [0.25, 0.3) is 17.7 Å².